The molecule has 0 spiro atoms. The Bertz CT molecular complexity index is 1490. The summed E-state index contributed by atoms with van der Waals surface area (Å²) in [6.45, 7) is 4.49. The number of hydrogen-bond donors (Lipinski definition) is 4. The molecule has 6 rings (SSSR count). The van der Waals surface area contributed by atoms with E-state index in [1.807, 2.05) is 62.6 Å². The van der Waals surface area contributed by atoms with E-state index in [-0.39, 0.29) is 11.9 Å². The average Bonchev–Trinajstić information content (AvgIpc) is 3.86. The van der Waals surface area contributed by atoms with Crippen LogP contribution in [0.2, 0.25) is 0 Å². The van der Waals surface area contributed by atoms with Gasteiger partial charge in [-0.3, -0.25) is 4.79 Å². The maximum atomic E-state index is 13.1. The molecule has 3 aromatic rings. The van der Waals surface area contributed by atoms with Gasteiger partial charge in [-0.1, -0.05) is 30.3 Å². The van der Waals surface area contributed by atoms with Crippen molar-refractivity contribution < 1.29 is 9.53 Å². The van der Waals surface area contributed by atoms with Gasteiger partial charge < -0.3 is 31.0 Å². The first-order chi connectivity index (χ1) is 20.5. The molecule has 2 aromatic carbocycles. The van der Waals surface area contributed by atoms with Gasteiger partial charge in [0.05, 0.1) is 23.7 Å². The zero-order valence-corrected chi connectivity index (χ0v) is 24.4. The van der Waals surface area contributed by atoms with Crippen molar-refractivity contribution in [3.05, 3.63) is 77.1 Å². The lowest BCUT2D eigenvalue weighted by atomic mass is 9.87. The Morgan fingerprint density at radius 2 is 1.83 bits per heavy atom. The van der Waals surface area contributed by atoms with E-state index in [9.17, 15) is 4.79 Å². The highest BCUT2D eigenvalue weighted by Crippen LogP contribution is 2.34. The molecule has 1 saturated carbocycles. The number of amides is 1. The monoisotopic (exact) mass is 565 g/mol. The molecule has 4 N–H and O–H groups in total. The minimum absolute atomic E-state index is 0.0776. The van der Waals surface area contributed by atoms with E-state index >= 15 is 0 Å². The lowest BCUT2D eigenvalue weighted by molar-refractivity contribution is 0.0908. The highest BCUT2D eigenvalue weighted by atomic mass is 16.5. The van der Waals surface area contributed by atoms with Crippen LogP contribution in [-0.2, 0) is 6.42 Å². The highest BCUT2D eigenvalue weighted by molar-refractivity contribution is 6.29. The van der Waals surface area contributed by atoms with Crippen LogP contribution in [0.3, 0.4) is 0 Å². The SMILES string of the molecule is CCOc1cc(C(=O)NC2CCN(C3CC3)CC2)ccc1Nc1ncc2c(n1)/C(=C(/NC)c1ccccc1)C(=N)CC2. The highest BCUT2D eigenvalue weighted by Gasteiger charge is 2.32. The standard InChI is InChI=1S/C33H39N7O2/c1-3-42-28-19-22(32(41)37-24-15-17-40(18-16-24)25-11-12-25)10-14-27(28)38-33-36-20-23-9-13-26(34)29(31(23)39-33)30(35-2)21-7-5-4-6-8-21/h4-8,10,14,19-20,24-25,34-35H,3,9,11-13,15-18H2,1-2H3,(H,37,41)(H,36,38,39)/b30-29+,34-26?. The van der Waals surface area contributed by atoms with E-state index in [4.69, 9.17) is 15.1 Å². The number of carbonyl (C=O) groups is 1. The molecule has 0 unspecified atom stereocenters. The van der Waals surface area contributed by atoms with Crippen LogP contribution in [0.1, 0.15) is 66.2 Å². The maximum absolute atomic E-state index is 13.1. The molecular formula is C33H39N7O2. The van der Waals surface area contributed by atoms with E-state index in [0.717, 1.165) is 66.5 Å². The lowest BCUT2D eigenvalue weighted by Crippen LogP contribution is -2.45. The van der Waals surface area contributed by atoms with E-state index < -0.39 is 0 Å². The number of nitrogens with zero attached hydrogens (tertiary/aromatic N) is 3. The minimum atomic E-state index is -0.0776. The van der Waals surface area contributed by atoms with E-state index in [1.54, 1.807) is 6.07 Å². The van der Waals surface area contributed by atoms with E-state index in [1.165, 1.54) is 12.8 Å². The van der Waals surface area contributed by atoms with Crippen LogP contribution in [0.25, 0.3) is 11.3 Å². The van der Waals surface area contributed by atoms with Crippen molar-refractivity contribution in [2.45, 2.75) is 57.5 Å². The van der Waals surface area contributed by atoms with Crippen molar-refractivity contribution in [3.63, 3.8) is 0 Å². The van der Waals surface area contributed by atoms with Crippen LogP contribution in [0, 0.1) is 5.41 Å². The number of benzene rings is 2. The molecule has 0 bridgehead atoms. The Balaban J connectivity index is 1.23. The normalized spacial score (nSPS) is 18.7. The largest absolute Gasteiger partial charge is 0.492 e. The summed E-state index contributed by atoms with van der Waals surface area (Å²) in [6, 6.07) is 16.4. The molecule has 0 atom stereocenters. The molecular weight excluding hydrogens is 526 g/mol. The third-order valence-corrected chi connectivity index (χ3v) is 8.33. The summed E-state index contributed by atoms with van der Waals surface area (Å²) in [5, 5.41) is 18.6. The molecule has 2 aliphatic carbocycles. The molecule has 9 heteroatoms. The van der Waals surface area contributed by atoms with Gasteiger partial charge in [-0.15, -0.1) is 0 Å². The quantitative estimate of drug-likeness (QED) is 0.288. The number of rotatable bonds is 9. The van der Waals surface area contributed by atoms with Crippen molar-refractivity contribution >= 4 is 34.5 Å². The van der Waals surface area contributed by atoms with Gasteiger partial charge in [-0.05, 0) is 74.8 Å². The summed E-state index contributed by atoms with van der Waals surface area (Å²) >= 11 is 0. The molecule has 3 aliphatic rings. The number of aromatic nitrogens is 2. The Hall–Kier alpha value is -4.24. The smallest absolute Gasteiger partial charge is 0.251 e. The maximum Gasteiger partial charge on any atom is 0.251 e. The molecule has 1 amide bonds. The second-order valence-corrected chi connectivity index (χ2v) is 11.2. The second-order valence-electron chi connectivity index (χ2n) is 11.2. The van der Waals surface area contributed by atoms with Crippen molar-refractivity contribution in [2.75, 3.05) is 32.1 Å². The predicted octanol–water partition coefficient (Wildman–Crippen LogP) is 5.03. The molecule has 1 saturated heterocycles. The number of aryl methyl sites for hydroxylation is 1. The topological polar surface area (TPSA) is 115 Å². The van der Waals surface area contributed by atoms with Crippen LogP contribution in [-0.4, -0.2) is 65.3 Å². The molecule has 2 heterocycles. The number of hydrogen-bond acceptors (Lipinski definition) is 8. The Morgan fingerprint density at radius 1 is 1.05 bits per heavy atom. The summed E-state index contributed by atoms with van der Waals surface area (Å²) < 4.78 is 5.94. The fourth-order valence-electron chi connectivity index (χ4n) is 5.96. The molecule has 42 heavy (non-hydrogen) atoms. The molecule has 0 radical (unpaired) electrons. The van der Waals surface area contributed by atoms with Crippen molar-refractivity contribution in [2.24, 2.45) is 0 Å². The number of fused-ring (bicyclic) bond motifs is 1. The molecule has 1 aromatic heterocycles. The van der Waals surface area contributed by atoms with E-state index in [0.29, 0.717) is 41.7 Å². The fraction of sp³-hybridized carbons (Fsp3) is 0.394. The molecule has 1 aliphatic heterocycles. The number of nitrogens with one attached hydrogen (secondary N) is 4. The number of piperidine rings is 1. The third-order valence-electron chi connectivity index (χ3n) is 8.33. The average molecular weight is 566 g/mol. The summed E-state index contributed by atoms with van der Waals surface area (Å²) in [5.74, 6) is 0.898. The van der Waals surface area contributed by atoms with Gasteiger partial charge in [-0.25, -0.2) is 9.97 Å². The molecule has 9 nitrogen and oxygen atoms in total. The number of likely N-dealkylation sites (tertiary alicyclic amines) is 1. The Kier molecular flexibility index (Phi) is 8.19. The number of ether oxygens (including phenoxy) is 1. The molecule has 2 fully saturated rings. The first-order valence-corrected chi connectivity index (χ1v) is 15.0. The first kappa shape index (κ1) is 27.9. The van der Waals surface area contributed by atoms with Gasteiger partial charge in [-0.2, -0.15) is 0 Å². The third kappa shape index (κ3) is 6.01. The van der Waals surface area contributed by atoms with Crippen LogP contribution in [0.15, 0.2) is 54.7 Å². The lowest BCUT2D eigenvalue weighted by Gasteiger charge is -2.32. The van der Waals surface area contributed by atoms with Crippen LogP contribution in [0.5, 0.6) is 5.75 Å². The fourth-order valence-corrected chi connectivity index (χ4v) is 5.96. The van der Waals surface area contributed by atoms with Gasteiger partial charge in [0.15, 0.2) is 0 Å². The zero-order chi connectivity index (χ0) is 29.1. The van der Waals surface area contributed by atoms with Crippen molar-refractivity contribution in [1.82, 2.24) is 25.5 Å². The Labute approximate surface area is 247 Å². The van der Waals surface area contributed by atoms with E-state index in [2.05, 4.69) is 25.8 Å². The van der Waals surface area contributed by atoms with Crippen LogP contribution in [0.4, 0.5) is 11.6 Å². The second kappa shape index (κ2) is 12.3. The predicted molar refractivity (Wildman–Crippen MR) is 166 cm³/mol. The van der Waals surface area contributed by atoms with Gasteiger partial charge in [0.1, 0.15) is 5.75 Å². The summed E-state index contributed by atoms with van der Waals surface area (Å²) in [6.07, 6.45) is 7.81. The van der Waals surface area contributed by atoms with Crippen molar-refractivity contribution in [3.8, 4) is 5.75 Å². The van der Waals surface area contributed by atoms with Gasteiger partial charge in [0, 0.05) is 55.3 Å². The van der Waals surface area contributed by atoms with Crippen molar-refractivity contribution in [1.29, 1.82) is 5.41 Å². The van der Waals surface area contributed by atoms with Crippen LogP contribution < -0.4 is 20.7 Å². The summed E-state index contributed by atoms with van der Waals surface area (Å²) in [4.78, 5) is 25.2. The minimum Gasteiger partial charge on any atom is -0.492 e. The zero-order valence-electron chi connectivity index (χ0n) is 24.4. The summed E-state index contributed by atoms with van der Waals surface area (Å²) in [5.41, 5.74) is 6.21. The Morgan fingerprint density at radius 3 is 2.55 bits per heavy atom. The van der Waals surface area contributed by atoms with Gasteiger partial charge in [0.2, 0.25) is 5.95 Å². The number of carbonyl (C=O) groups excluding carboxylic acids is 1. The van der Waals surface area contributed by atoms with Crippen LogP contribution >= 0.6 is 0 Å². The molecule has 218 valence electrons. The number of anilines is 2. The van der Waals surface area contributed by atoms with Gasteiger partial charge in [0.25, 0.3) is 5.91 Å². The van der Waals surface area contributed by atoms with Gasteiger partial charge >= 0.3 is 0 Å². The first-order valence-electron chi connectivity index (χ1n) is 15.0. The number of allylic oxidation sites excluding steroid dienone is 1. The summed E-state index contributed by atoms with van der Waals surface area (Å²) in [7, 11) is 1.88.